The Labute approximate surface area is 91.7 Å². The van der Waals surface area contributed by atoms with Crippen molar-refractivity contribution in [3.8, 4) is 0 Å². The molecule has 91 valence electrons. The van der Waals surface area contributed by atoms with Crippen LogP contribution in [0.2, 0.25) is 0 Å². The van der Waals surface area contributed by atoms with Gasteiger partial charge in [0, 0.05) is 0 Å². The number of hydrogen-bond donors (Lipinski definition) is 3. The van der Waals surface area contributed by atoms with Gasteiger partial charge in [-0.2, -0.15) is 0 Å². The monoisotopic (exact) mass is 233 g/mol. The van der Waals surface area contributed by atoms with Crippen molar-refractivity contribution in [2.75, 3.05) is 13.6 Å². The summed E-state index contributed by atoms with van der Waals surface area (Å²) in [5, 5.41) is 19.5. The minimum Gasteiger partial charge on any atom is -0.370 e. The Kier molecular flexibility index (Phi) is 3.81. The number of carbonyl (C=O) groups excluding carboxylic acids is 2. The molecule has 3 amide bonds. The maximum absolute atomic E-state index is 11.7. The summed E-state index contributed by atoms with van der Waals surface area (Å²) in [7, 11) is 0. The molecule has 0 saturated carbocycles. The van der Waals surface area contributed by atoms with E-state index in [4.69, 9.17) is 10.2 Å². The van der Waals surface area contributed by atoms with Gasteiger partial charge >= 0.3 is 12.4 Å². The molecule has 1 saturated heterocycles. The van der Waals surface area contributed by atoms with E-state index in [0.29, 0.717) is 4.90 Å². The molecule has 1 heterocycles. The topological polar surface area (TPSA) is 108 Å². The lowest BCUT2D eigenvalue weighted by Gasteiger charge is -2.21. The molecule has 16 heavy (non-hydrogen) atoms. The third-order valence-corrected chi connectivity index (χ3v) is 1.92. The maximum Gasteiger partial charge on any atom is 0.346 e. The van der Waals surface area contributed by atoms with Gasteiger partial charge in [0.05, 0.1) is 0 Å². The molecule has 0 aromatic rings. The van der Waals surface area contributed by atoms with Crippen molar-refractivity contribution in [3.63, 3.8) is 0 Å². The van der Waals surface area contributed by atoms with Crippen molar-refractivity contribution in [2.24, 2.45) is 0 Å². The molecule has 0 aromatic carbocycles. The quantitative estimate of drug-likeness (QED) is 0.402. The molecule has 0 spiro atoms. The van der Waals surface area contributed by atoms with E-state index < -0.39 is 37.5 Å². The van der Waals surface area contributed by atoms with Gasteiger partial charge in [0.25, 0.3) is 5.91 Å². The molecule has 1 aliphatic rings. The van der Waals surface area contributed by atoms with Crippen LogP contribution >= 0.6 is 0 Å². The van der Waals surface area contributed by atoms with Gasteiger partial charge in [-0.25, -0.2) is 9.69 Å². The number of nitrogens with one attached hydrogen (secondary N) is 1. The van der Waals surface area contributed by atoms with Gasteiger partial charge in [-0.15, -0.1) is 0 Å². The Morgan fingerprint density at radius 1 is 1.31 bits per heavy atom. The number of rotatable bonds is 5. The summed E-state index contributed by atoms with van der Waals surface area (Å²) in [6, 6.07) is -0.744. The van der Waals surface area contributed by atoms with Crippen molar-refractivity contribution in [1.82, 2.24) is 10.2 Å². The molecule has 1 aliphatic heterocycles. The molecule has 3 N–H and O–H groups in total. The first kappa shape index (κ1) is 12.8. The number of aliphatic hydroxyl groups is 2. The summed E-state index contributed by atoms with van der Waals surface area (Å²) in [5.74, 6) is -0.602. The lowest BCUT2D eigenvalue weighted by Crippen LogP contribution is -2.42. The van der Waals surface area contributed by atoms with Crippen LogP contribution in [0, 0.1) is 6.41 Å². The van der Waals surface area contributed by atoms with Crippen molar-refractivity contribution >= 4 is 11.9 Å². The van der Waals surface area contributed by atoms with Crippen LogP contribution in [0.3, 0.4) is 0 Å². The number of amides is 3. The van der Waals surface area contributed by atoms with Gasteiger partial charge in [0.2, 0.25) is 0 Å². The molecule has 0 atom stereocenters. The summed E-state index contributed by atoms with van der Waals surface area (Å²) in [6.45, 7) is 1.44. The highest BCUT2D eigenvalue weighted by Gasteiger charge is 2.49. The third kappa shape index (κ3) is 2.30. The van der Waals surface area contributed by atoms with E-state index in [1.54, 1.807) is 0 Å². The molecular formula is C8H13N2O6. The van der Waals surface area contributed by atoms with E-state index in [1.165, 1.54) is 13.8 Å². The minimum atomic E-state index is -1.08. The Morgan fingerprint density at radius 2 is 1.81 bits per heavy atom. The molecule has 0 aromatic heterocycles. The average Bonchev–Trinajstić information content (AvgIpc) is 2.36. The van der Waals surface area contributed by atoms with Crippen LogP contribution in [-0.2, 0) is 14.3 Å². The van der Waals surface area contributed by atoms with Crippen molar-refractivity contribution in [2.45, 2.75) is 19.4 Å². The summed E-state index contributed by atoms with van der Waals surface area (Å²) in [6.07, 6.45) is -0.557. The predicted molar refractivity (Wildman–Crippen MR) is 49.0 cm³/mol. The molecule has 0 aliphatic carbocycles. The largest absolute Gasteiger partial charge is 0.370 e. The van der Waals surface area contributed by atoms with E-state index >= 15 is 0 Å². The molecule has 8 heteroatoms. The van der Waals surface area contributed by atoms with Gasteiger partial charge in [-0.05, 0) is 13.8 Å². The number of hydrogen-bond acceptors (Lipinski definition) is 6. The summed E-state index contributed by atoms with van der Waals surface area (Å²) >= 11 is 0. The van der Waals surface area contributed by atoms with Gasteiger partial charge in [0.1, 0.15) is 19.1 Å². The summed E-state index contributed by atoms with van der Waals surface area (Å²) in [5.41, 5.74) is -1.08. The van der Waals surface area contributed by atoms with E-state index in [0.717, 1.165) is 0 Å². The fourth-order valence-electron chi connectivity index (χ4n) is 1.20. The van der Waals surface area contributed by atoms with Gasteiger partial charge in [0.15, 0.2) is 0 Å². The number of nitrogens with zero attached hydrogens (tertiary/aromatic N) is 1. The van der Waals surface area contributed by atoms with E-state index in [9.17, 15) is 9.59 Å². The maximum atomic E-state index is 11.7. The fraction of sp³-hybridized carbons (Fsp3) is 0.625. The standard InChI is InChI=1S/C8H13N2O6/c1-8(2)5(13)10(6(14)9-8)7(15-3-11)16-4-12/h11-12H,3-4H2,1-2H3,(H,9,14). The van der Waals surface area contributed by atoms with Gasteiger partial charge in [-0.3, -0.25) is 14.3 Å². The molecule has 1 rings (SSSR count). The minimum absolute atomic E-state index is 0.557. The second kappa shape index (κ2) is 4.74. The third-order valence-electron chi connectivity index (χ3n) is 1.92. The zero-order valence-corrected chi connectivity index (χ0v) is 8.89. The van der Waals surface area contributed by atoms with Gasteiger partial charge in [-0.1, -0.05) is 0 Å². The number of carbonyl (C=O) groups is 2. The highest BCUT2D eigenvalue weighted by Crippen LogP contribution is 2.23. The smallest absolute Gasteiger partial charge is 0.346 e. The molecular weight excluding hydrogens is 220 g/mol. The van der Waals surface area contributed by atoms with E-state index in [-0.39, 0.29) is 0 Å². The molecule has 8 nitrogen and oxygen atoms in total. The zero-order chi connectivity index (χ0) is 12.3. The van der Waals surface area contributed by atoms with Crippen molar-refractivity contribution in [3.05, 3.63) is 6.41 Å². The highest BCUT2D eigenvalue weighted by molar-refractivity contribution is 6.07. The number of ether oxygens (including phenoxy) is 2. The Balaban J connectivity index is 2.84. The predicted octanol–water partition coefficient (Wildman–Crippen LogP) is -1.30. The first-order chi connectivity index (χ1) is 7.44. The van der Waals surface area contributed by atoms with E-state index in [1.807, 2.05) is 0 Å². The molecule has 0 bridgehead atoms. The zero-order valence-electron chi connectivity index (χ0n) is 8.89. The number of aliphatic hydroxyl groups excluding tert-OH is 2. The van der Waals surface area contributed by atoms with Crippen LogP contribution in [0.5, 0.6) is 0 Å². The van der Waals surface area contributed by atoms with Crippen LogP contribution in [0.1, 0.15) is 13.8 Å². The van der Waals surface area contributed by atoms with Crippen LogP contribution < -0.4 is 5.32 Å². The Bertz CT molecular complexity index is 286. The average molecular weight is 233 g/mol. The van der Waals surface area contributed by atoms with Crippen molar-refractivity contribution < 1.29 is 29.3 Å². The first-order valence-corrected chi connectivity index (χ1v) is 4.45. The first-order valence-electron chi connectivity index (χ1n) is 4.45. The fourth-order valence-corrected chi connectivity index (χ4v) is 1.20. The van der Waals surface area contributed by atoms with Crippen LogP contribution in [0.25, 0.3) is 0 Å². The summed E-state index contributed by atoms with van der Waals surface area (Å²) < 4.78 is 9.07. The SMILES string of the molecule is CC1(C)NC(=O)N([C](OCO)OCO)C1=O. The van der Waals surface area contributed by atoms with Crippen LogP contribution in [-0.4, -0.2) is 46.2 Å². The molecule has 0 unspecified atom stereocenters. The highest BCUT2D eigenvalue weighted by atomic mass is 16.8. The van der Waals surface area contributed by atoms with Gasteiger partial charge < -0.3 is 15.5 Å². The van der Waals surface area contributed by atoms with Crippen molar-refractivity contribution in [1.29, 1.82) is 0 Å². The lowest BCUT2D eigenvalue weighted by atomic mass is 10.1. The van der Waals surface area contributed by atoms with Crippen LogP contribution in [0.4, 0.5) is 4.79 Å². The second-order valence-corrected chi connectivity index (χ2v) is 3.51. The number of urea groups is 1. The normalized spacial score (nSPS) is 19.4. The lowest BCUT2D eigenvalue weighted by molar-refractivity contribution is -0.182. The van der Waals surface area contributed by atoms with E-state index in [2.05, 4.69) is 14.8 Å². The Morgan fingerprint density at radius 3 is 2.12 bits per heavy atom. The summed E-state index contributed by atoms with van der Waals surface area (Å²) in [4.78, 5) is 23.7. The Hall–Kier alpha value is -1.22. The molecule has 1 fully saturated rings. The van der Waals surface area contributed by atoms with Crippen LogP contribution in [0.15, 0.2) is 0 Å². The second-order valence-electron chi connectivity index (χ2n) is 3.51. The number of imide groups is 1. The molecule has 1 radical (unpaired) electrons.